The van der Waals surface area contributed by atoms with E-state index in [9.17, 15) is 4.79 Å². The molecule has 142 valence electrons. The van der Waals surface area contributed by atoms with Crippen molar-refractivity contribution in [2.24, 2.45) is 11.8 Å². The summed E-state index contributed by atoms with van der Waals surface area (Å²) in [7, 11) is 1.54. The molecule has 0 spiro atoms. The Morgan fingerprint density at radius 3 is 2.70 bits per heavy atom. The number of pyridine rings is 1. The molecule has 2 aromatic rings. The van der Waals surface area contributed by atoms with E-state index in [2.05, 4.69) is 19.1 Å². The average molecular weight is 365 g/mol. The third kappa shape index (κ3) is 2.97. The lowest BCUT2D eigenvalue weighted by atomic mass is 9.66. The van der Waals surface area contributed by atoms with Gasteiger partial charge in [-0.3, -0.25) is 4.79 Å². The van der Waals surface area contributed by atoms with Crippen molar-refractivity contribution in [2.45, 2.75) is 45.1 Å². The predicted octanol–water partition coefficient (Wildman–Crippen LogP) is 4.43. The van der Waals surface area contributed by atoms with E-state index < -0.39 is 0 Å². The molecule has 2 heterocycles. The van der Waals surface area contributed by atoms with Crippen LogP contribution < -0.4 is 15.1 Å². The highest BCUT2D eigenvalue weighted by Gasteiger charge is 2.44. The molecular formula is C23H27NO3. The Labute approximate surface area is 160 Å². The molecule has 4 atom stereocenters. The Bertz CT molecular complexity index is 900. The van der Waals surface area contributed by atoms with Gasteiger partial charge in [-0.1, -0.05) is 56.2 Å². The summed E-state index contributed by atoms with van der Waals surface area (Å²) in [5, 5.41) is 0. The van der Waals surface area contributed by atoms with Crippen LogP contribution in [0.3, 0.4) is 0 Å². The standard InChI is InChI=1S/C23H27NO3/c1-4-9-19-17-13-8-10-15(2)20(17)21-22(27-19)18(14-24(26-3)23(21)25)16-11-6-5-7-12-16/h4-7,9,11-12,14-15,17,19-20H,8,10,13H2,1-3H3/t15-,17+,19+,20+/m1/s1. The molecule has 1 aliphatic heterocycles. The van der Waals surface area contributed by atoms with Crippen molar-refractivity contribution in [3.8, 4) is 16.9 Å². The van der Waals surface area contributed by atoms with Gasteiger partial charge in [-0.2, -0.15) is 4.73 Å². The molecule has 0 radical (unpaired) electrons. The Hall–Kier alpha value is -2.49. The van der Waals surface area contributed by atoms with Crippen molar-refractivity contribution in [3.63, 3.8) is 0 Å². The Morgan fingerprint density at radius 1 is 1.22 bits per heavy atom. The minimum atomic E-state index is -0.0881. The van der Waals surface area contributed by atoms with Gasteiger partial charge >= 0.3 is 0 Å². The maximum absolute atomic E-state index is 13.2. The number of nitrogens with zero attached hydrogens (tertiary/aromatic N) is 1. The summed E-state index contributed by atoms with van der Waals surface area (Å²) in [5.74, 6) is 1.71. The lowest BCUT2D eigenvalue weighted by Gasteiger charge is -2.44. The first-order valence-electron chi connectivity index (χ1n) is 9.84. The first-order valence-corrected chi connectivity index (χ1v) is 9.84. The molecule has 0 N–H and O–H groups in total. The second kappa shape index (κ2) is 7.26. The Morgan fingerprint density at radius 2 is 2.00 bits per heavy atom. The molecule has 1 aromatic carbocycles. The first kappa shape index (κ1) is 17.9. The van der Waals surface area contributed by atoms with Crippen molar-refractivity contribution in [1.29, 1.82) is 0 Å². The van der Waals surface area contributed by atoms with Crippen LogP contribution in [0, 0.1) is 11.8 Å². The van der Waals surface area contributed by atoms with Crippen LogP contribution in [0.1, 0.15) is 44.6 Å². The molecule has 0 amide bonds. The summed E-state index contributed by atoms with van der Waals surface area (Å²) >= 11 is 0. The van der Waals surface area contributed by atoms with Gasteiger partial charge in [0, 0.05) is 17.4 Å². The van der Waals surface area contributed by atoms with E-state index in [4.69, 9.17) is 9.57 Å². The van der Waals surface area contributed by atoms with Crippen molar-refractivity contribution >= 4 is 0 Å². The van der Waals surface area contributed by atoms with Gasteiger partial charge in [0.2, 0.25) is 0 Å². The van der Waals surface area contributed by atoms with Crippen LogP contribution >= 0.6 is 0 Å². The molecule has 27 heavy (non-hydrogen) atoms. The first-order chi connectivity index (χ1) is 13.2. The smallest absolute Gasteiger partial charge is 0.290 e. The molecule has 0 saturated heterocycles. The van der Waals surface area contributed by atoms with Gasteiger partial charge in [0.1, 0.15) is 19.0 Å². The zero-order valence-corrected chi connectivity index (χ0v) is 16.2. The maximum Gasteiger partial charge on any atom is 0.290 e. The quantitative estimate of drug-likeness (QED) is 0.756. The molecule has 1 aliphatic carbocycles. The second-order valence-electron chi connectivity index (χ2n) is 7.67. The van der Waals surface area contributed by atoms with Crippen molar-refractivity contribution in [1.82, 2.24) is 4.73 Å². The monoisotopic (exact) mass is 365 g/mol. The van der Waals surface area contributed by atoms with Gasteiger partial charge in [-0.25, -0.2) is 0 Å². The predicted molar refractivity (Wildman–Crippen MR) is 107 cm³/mol. The van der Waals surface area contributed by atoms with E-state index in [1.165, 1.54) is 18.3 Å². The number of fused-ring (bicyclic) bond motifs is 3. The molecule has 4 heteroatoms. The lowest BCUT2D eigenvalue weighted by Crippen LogP contribution is -2.44. The topological polar surface area (TPSA) is 40.5 Å². The number of hydrogen-bond acceptors (Lipinski definition) is 3. The summed E-state index contributed by atoms with van der Waals surface area (Å²) in [6, 6.07) is 10.1. The highest BCUT2D eigenvalue weighted by Crippen LogP contribution is 2.51. The molecule has 4 nitrogen and oxygen atoms in total. The van der Waals surface area contributed by atoms with Crippen LogP contribution in [0.15, 0.2) is 53.5 Å². The molecular weight excluding hydrogens is 338 g/mol. The van der Waals surface area contributed by atoms with Gasteiger partial charge < -0.3 is 9.57 Å². The highest BCUT2D eigenvalue weighted by molar-refractivity contribution is 5.72. The summed E-state index contributed by atoms with van der Waals surface area (Å²) in [6.45, 7) is 4.30. The van der Waals surface area contributed by atoms with Crippen molar-refractivity contribution < 1.29 is 9.57 Å². The third-order valence-corrected chi connectivity index (χ3v) is 6.11. The second-order valence-corrected chi connectivity index (χ2v) is 7.67. The van der Waals surface area contributed by atoms with Crippen LogP contribution in [-0.2, 0) is 0 Å². The fraction of sp³-hybridized carbons (Fsp3) is 0.435. The van der Waals surface area contributed by atoms with E-state index in [1.54, 1.807) is 6.20 Å². The van der Waals surface area contributed by atoms with E-state index >= 15 is 0 Å². The minimum Gasteiger partial charge on any atom is -0.485 e. The minimum absolute atomic E-state index is 0.00973. The normalized spacial score (nSPS) is 26.9. The van der Waals surface area contributed by atoms with Crippen LogP contribution in [0.5, 0.6) is 5.75 Å². The number of ether oxygens (including phenoxy) is 1. The fourth-order valence-electron chi connectivity index (χ4n) is 4.89. The molecule has 1 fully saturated rings. The van der Waals surface area contributed by atoms with Crippen molar-refractivity contribution in [3.05, 3.63) is 64.6 Å². The molecule has 0 bridgehead atoms. The number of aromatic nitrogens is 1. The summed E-state index contributed by atoms with van der Waals surface area (Å²) in [6.07, 6.45) is 9.40. The number of allylic oxidation sites excluding steroid dienone is 1. The number of benzene rings is 1. The van der Waals surface area contributed by atoms with Crippen LogP contribution in [-0.4, -0.2) is 17.9 Å². The lowest BCUT2D eigenvalue weighted by molar-refractivity contribution is 0.0734. The number of hydrogen-bond donors (Lipinski definition) is 0. The van der Waals surface area contributed by atoms with Crippen LogP contribution in [0.25, 0.3) is 11.1 Å². The zero-order chi connectivity index (χ0) is 19.0. The largest absolute Gasteiger partial charge is 0.485 e. The average Bonchev–Trinajstić information content (AvgIpc) is 2.69. The molecule has 1 saturated carbocycles. The number of rotatable bonds is 3. The fourth-order valence-corrected chi connectivity index (χ4v) is 4.89. The van der Waals surface area contributed by atoms with E-state index in [0.717, 1.165) is 35.3 Å². The van der Waals surface area contributed by atoms with Crippen LogP contribution in [0.4, 0.5) is 0 Å². The zero-order valence-electron chi connectivity index (χ0n) is 16.2. The van der Waals surface area contributed by atoms with Crippen molar-refractivity contribution in [2.75, 3.05) is 7.11 Å². The molecule has 4 rings (SSSR count). The highest BCUT2D eigenvalue weighted by atomic mass is 16.6. The van der Waals surface area contributed by atoms with E-state index in [1.807, 2.05) is 37.3 Å². The SMILES string of the molecule is CC=C[C@@H]1Oc2c(-c3ccccc3)cn(OC)c(=O)c2[C@@H]2[C@H]1CCC[C@H]2C. The summed E-state index contributed by atoms with van der Waals surface area (Å²) < 4.78 is 7.86. The Kier molecular flexibility index (Phi) is 4.81. The Balaban J connectivity index is 1.99. The third-order valence-electron chi connectivity index (χ3n) is 6.11. The maximum atomic E-state index is 13.2. The summed E-state index contributed by atoms with van der Waals surface area (Å²) in [5.41, 5.74) is 2.64. The van der Waals surface area contributed by atoms with E-state index in [0.29, 0.717) is 11.8 Å². The van der Waals surface area contributed by atoms with E-state index in [-0.39, 0.29) is 17.6 Å². The van der Waals surface area contributed by atoms with Gasteiger partial charge in [-0.15, -0.1) is 0 Å². The molecule has 1 aromatic heterocycles. The van der Waals surface area contributed by atoms with Gasteiger partial charge in [-0.05, 0) is 30.9 Å². The molecule has 0 unspecified atom stereocenters. The van der Waals surface area contributed by atoms with Gasteiger partial charge in [0.25, 0.3) is 5.56 Å². The van der Waals surface area contributed by atoms with Crippen LogP contribution in [0.2, 0.25) is 0 Å². The van der Waals surface area contributed by atoms with Gasteiger partial charge in [0.15, 0.2) is 0 Å². The van der Waals surface area contributed by atoms with Gasteiger partial charge in [0.05, 0.1) is 11.8 Å². The molecule has 2 aliphatic rings. The summed E-state index contributed by atoms with van der Waals surface area (Å²) in [4.78, 5) is 18.6.